The van der Waals surface area contributed by atoms with Crippen LogP contribution in [0.25, 0.3) is 0 Å². The molecule has 0 aromatic rings. The van der Waals surface area contributed by atoms with E-state index in [2.05, 4.69) is 33.0 Å². The molecule has 1 saturated heterocycles. The number of hydrogen-bond donors (Lipinski definition) is 1. The average Bonchev–Trinajstić information content (AvgIpc) is 2.11. The van der Waals surface area contributed by atoms with Gasteiger partial charge in [0.2, 0.25) is 0 Å². The number of nitrogens with one attached hydrogen (secondary N) is 1. The highest BCUT2D eigenvalue weighted by atomic mass is 16.5. The summed E-state index contributed by atoms with van der Waals surface area (Å²) in [6.07, 6.45) is 3.87. The van der Waals surface area contributed by atoms with Gasteiger partial charge in [0.25, 0.3) is 0 Å². The van der Waals surface area contributed by atoms with E-state index in [1.54, 1.807) is 0 Å². The molecule has 1 aliphatic carbocycles. The molecule has 2 nitrogen and oxygen atoms in total. The van der Waals surface area contributed by atoms with Crippen LogP contribution < -0.4 is 5.32 Å². The first kappa shape index (κ1) is 11.4. The summed E-state index contributed by atoms with van der Waals surface area (Å²) in [5.41, 5.74) is 0.126. The van der Waals surface area contributed by atoms with Crippen LogP contribution in [0.3, 0.4) is 0 Å². The lowest BCUT2D eigenvalue weighted by Crippen LogP contribution is -2.62. The first-order chi connectivity index (χ1) is 6.94. The van der Waals surface area contributed by atoms with Crippen LogP contribution in [-0.4, -0.2) is 24.3 Å². The Morgan fingerprint density at radius 2 is 1.93 bits per heavy atom. The predicted molar refractivity (Wildman–Crippen MR) is 62.9 cm³/mol. The van der Waals surface area contributed by atoms with Crippen molar-refractivity contribution in [2.45, 2.75) is 58.2 Å². The number of rotatable bonds is 0. The standard InChI is InChI=1S/C13H25NO/c1-10-5-6-13(11(2)7-10)9-14-8-12(3,4)15-13/h10-11,14H,5-9H2,1-4H3. The quantitative estimate of drug-likeness (QED) is 0.665. The maximum atomic E-state index is 6.40. The van der Waals surface area contributed by atoms with Crippen molar-refractivity contribution in [1.82, 2.24) is 5.32 Å². The van der Waals surface area contributed by atoms with Gasteiger partial charge in [0.15, 0.2) is 0 Å². The van der Waals surface area contributed by atoms with Gasteiger partial charge in [-0.15, -0.1) is 0 Å². The average molecular weight is 211 g/mol. The zero-order chi connectivity index (χ0) is 11.1. The van der Waals surface area contributed by atoms with Crippen molar-refractivity contribution in [1.29, 1.82) is 0 Å². The van der Waals surface area contributed by atoms with Crippen molar-refractivity contribution in [3.8, 4) is 0 Å². The highest BCUT2D eigenvalue weighted by Gasteiger charge is 2.46. The monoisotopic (exact) mass is 211 g/mol. The van der Waals surface area contributed by atoms with Crippen LogP contribution in [0.4, 0.5) is 0 Å². The van der Waals surface area contributed by atoms with Crippen molar-refractivity contribution in [2.75, 3.05) is 13.1 Å². The fraction of sp³-hybridized carbons (Fsp3) is 1.00. The molecule has 3 atom stereocenters. The maximum Gasteiger partial charge on any atom is 0.0839 e. The number of ether oxygens (including phenoxy) is 1. The highest BCUT2D eigenvalue weighted by molar-refractivity contribution is 4.98. The van der Waals surface area contributed by atoms with Gasteiger partial charge in [-0.25, -0.2) is 0 Å². The second-order valence-corrected chi connectivity index (χ2v) is 6.31. The largest absolute Gasteiger partial charge is 0.366 e. The molecule has 1 N–H and O–H groups in total. The van der Waals surface area contributed by atoms with E-state index in [0.29, 0.717) is 5.92 Å². The summed E-state index contributed by atoms with van der Waals surface area (Å²) in [5, 5.41) is 3.56. The molecule has 2 fully saturated rings. The Hall–Kier alpha value is -0.0800. The van der Waals surface area contributed by atoms with Crippen LogP contribution >= 0.6 is 0 Å². The molecule has 0 bridgehead atoms. The molecule has 0 aromatic heterocycles. The topological polar surface area (TPSA) is 21.3 Å². The van der Waals surface area contributed by atoms with Crippen LogP contribution in [0, 0.1) is 11.8 Å². The Balaban J connectivity index is 2.11. The van der Waals surface area contributed by atoms with E-state index >= 15 is 0 Å². The molecule has 2 aliphatic rings. The summed E-state index contributed by atoms with van der Waals surface area (Å²) >= 11 is 0. The Morgan fingerprint density at radius 3 is 2.53 bits per heavy atom. The molecule has 1 aliphatic heterocycles. The first-order valence-electron chi connectivity index (χ1n) is 6.34. The van der Waals surface area contributed by atoms with Crippen LogP contribution in [0.15, 0.2) is 0 Å². The van der Waals surface area contributed by atoms with Gasteiger partial charge in [-0.1, -0.05) is 13.8 Å². The minimum Gasteiger partial charge on any atom is -0.366 e. The van der Waals surface area contributed by atoms with Crippen molar-refractivity contribution in [3.63, 3.8) is 0 Å². The van der Waals surface area contributed by atoms with Gasteiger partial charge in [-0.05, 0) is 44.9 Å². The van der Waals surface area contributed by atoms with E-state index in [4.69, 9.17) is 4.74 Å². The molecule has 2 heteroatoms. The summed E-state index contributed by atoms with van der Waals surface area (Å²) in [6.45, 7) is 11.2. The van der Waals surface area contributed by atoms with Gasteiger partial charge < -0.3 is 10.1 Å². The van der Waals surface area contributed by atoms with E-state index in [-0.39, 0.29) is 11.2 Å². The van der Waals surface area contributed by atoms with Crippen molar-refractivity contribution in [2.24, 2.45) is 11.8 Å². The zero-order valence-electron chi connectivity index (χ0n) is 10.6. The molecule has 0 amide bonds. The Labute approximate surface area is 93.8 Å². The van der Waals surface area contributed by atoms with Crippen molar-refractivity contribution >= 4 is 0 Å². The van der Waals surface area contributed by atoms with Crippen molar-refractivity contribution < 1.29 is 4.74 Å². The van der Waals surface area contributed by atoms with Crippen LogP contribution in [0.5, 0.6) is 0 Å². The van der Waals surface area contributed by atoms with Crippen LogP contribution in [0.1, 0.15) is 47.0 Å². The van der Waals surface area contributed by atoms with Crippen LogP contribution in [-0.2, 0) is 4.74 Å². The lowest BCUT2D eigenvalue weighted by molar-refractivity contribution is -0.201. The summed E-state index contributed by atoms with van der Waals surface area (Å²) in [6, 6.07) is 0. The van der Waals surface area contributed by atoms with E-state index < -0.39 is 0 Å². The SMILES string of the molecule is CC1CCC2(CNCC(C)(C)O2)C(C)C1. The van der Waals surface area contributed by atoms with E-state index in [1.165, 1.54) is 19.3 Å². The second kappa shape index (κ2) is 3.74. The Morgan fingerprint density at radius 1 is 1.20 bits per heavy atom. The molecular formula is C13H25NO. The lowest BCUT2D eigenvalue weighted by Gasteiger charge is -2.52. The summed E-state index contributed by atoms with van der Waals surface area (Å²) in [7, 11) is 0. The van der Waals surface area contributed by atoms with Gasteiger partial charge in [-0.2, -0.15) is 0 Å². The summed E-state index contributed by atoms with van der Waals surface area (Å²) in [5.74, 6) is 1.56. The molecule has 0 aromatic carbocycles. The molecule has 1 saturated carbocycles. The zero-order valence-corrected chi connectivity index (χ0v) is 10.6. The number of morpholine rings is 1. The first-order valence-corrected chi connectivity index (χ1v) is 6.34. The molecule has 0 radical (unpaired) electrons. The van der Waals surface area contributed by atoms with E-state index in [1.807, 2.05) is 0 Å². The van der Waals surface area contributed by atoms with Gasteiger partial charge >= 0.3 is 0 Å². The third-order valence-corrected chi connectivity index (χ3v) is 4.17. The molecular weight excluding hydrogens is 186 g/mol. The van der Waals surface area contributed by atoms with Gasteiger partial charge in [0.1, 0.15) is 0 Å². The smallest absolute Gasteiger partial charge is 0.0839 e. The van der Waals surface area contributed by atoms with E-state index in [9.17, 15) is 0 Å². The molecule has 88 valence electrons. The minimum atomic E-state index is 0.00703. The Bertz CT molecular complexity index is 239. The maximum absolute atomic E-state index is 6.40. The second-order valence-electron chi connectivity index (χ2n) is 6.31. The molecule has 2 rings (SSSR count). The normalized spacial score (nSPS) is 45.6. The summed E-state index contributed by atoms with van der Waals surface area (Å²) in [4.78, 5) is 0. The molecule has 1 heterocycles. The lowest BCUT2D eigenvalue weighted by atomic mass is 9.71. The van der Waals surface area contributed by atoms with E-state index in [0.717, 1.165) is 19.0 Å². The third-order valence-electron chi connectivity index (χ3n) is 4.17. The van der Waals surface area contributed by atoms with Crippen molar-refractivity contribution in [3.05, 3.63) is 0 Å². The molecule has 15 heavy (non-hydrogen) atoms. The predicted octanol–water partition coefficient (Wildman–Crippen LogP) is 2.58. The molecule has 3 unspecified atom stereocenters. The minimum absolute atomic E-state index is 0.00703. The third kappa shape index (κ3) is 2.21. The van der Waals surface area contributed by atoms with Gasteiger partial charge in [0.05, 0.1) is 11.2 Å². The highest BCUT2D eigenvalue weighted by Crippen LogP contribution is 2.42. The van der Waals surface area contributed by atoms with Gasteiger partial charge in [0, 0.05) is 13.1 Å². The fourth-order valence-corrected chi connectivity index (χ4v) is 3.29. The summed E-state index contributed by atoms with van der Waals surface area (Å²) < 4.78 is 6.40. The molecule has 1 spiro atoms. The number of hydrogen-bond acceptors (Lipinski definition) is 2. The Kier molecular flexibility index (Phi) is 2.85. The van der Waals surface area contributed by atoms with Crippen LogP contribution in [0.2, 0.25) is 0 Å². The van der Waals surface area contributed by atoms with Gasteiger partial charge in [-0.3, -0.25) is 0 Å². The fourth-order valence-electron chi connectivity index (χ4n) is 3.29.